The van der Waals surface area contributed by atoms with Crippen molar-refractivity contribution >= 4 is 15.7 Å². The average molecular weight is 265 g/mol. The summed E-state index contributed by atoms with van der Waals surface area (Å²) < 4.78 is 22.6. The topological polar surface area (TPSA) is 82.9 Å². The Kier molecular flexibility index (Phi) is 3.53. The number of anilines is 1. The number of rotatable bonds is 3. The van der Waals surface area contributed by atoms with Crippen LogP contribution in [0.15, 0.2) is 12.1 Å². The van der Waals surface area contributed by atoms with Crippen molar-refractivity contribution in [3.8, 4) is 6.07 Å². The lowest BCUT2D eigenvalue weighted by atomic mass is 10.1. The van der Waals surface area contributed by atoms with Crippen LogP contribution in [0.2, 0.25) is 0 Å². The van der Waals surface area contributed by atoms with Crippen molar-refractivity contribution in [1.29, 1.82) is 5.26 Å². The molecule has 1 fully saturated rings. The van der Waals surface area contributed by atoms with Crippen LogP contribution in [0.25, 0.3) is 0 Å². The smallest absolute Gasteiger partial charge is 0.150 e. The Morgan fingerprint density at radius 1 is 1.56 bits per heavy atom. The van der Waals surface area contributed by atoms with Crippen LogP contribution in [0.1, 0.15) is 17.7 Å². The molecule has 1 N–H and O–H groups in total. The van der Waals surface area contributed by atoms with Gasteiger partial charge >= 0.3 is 0 Å². The molecule has 1 saturated heterocycles. The molecule has 1 aromatic heterocycles. The molecule has 0 amide bonds. The third-order valence-corrected chi connectivity index (χ3v) is 4.82. The monoisotopic (exact) mass is 265 g/mol. The van der Waals surface area contributed by atoms with E-state index in [4.69, 9.17) is 5.26 Å². The lowest BCUT2D eigenvalue weighted by molar-refractivity contribution is 0.595. The highest BCUT2D eigenvalue weighted by molar-refractivity contribution is 7.91. The molecule has 2 heterocycles. The molecule has 96 valence electrons. The first-order chi connectivity index (χ1) is 8.48. The number of aromatic nitrogens is 1. The summed E-state index contributed by atoms with van der Waals surface area (Å²) in [4.78, 5) is 4.27. The molecule has 0 saturated carbocycles. The summed E-state index contributed by atoms with van der Waals surface area (Å²) in [5, 5.41) is 12.0. The van der Waals surface area contributed by atoms with E-state index in [1.807, 2.05) is 6.92 Å². The number of nitrogens with zero attached hydrogens (tertiary/aromatic N) is 2. The quantitative estimate of drug-likeness (QED) is 0.885. The fourth-order valence-corrected chi connectivity index (χ4v) is 3.97. The summed E-state index contributed by atoms with van der Waals surface area (Å²) in [6.45, 7) is 2.41. The highest BCUT2D eigenvalue weighted by atomic mass is 32.2. The van der Waals surface area contributed by atoms with Crippen LogP contribution in [0.5, 0.6) is 0 Å². The number of aryl methyl sites for hydroxylation is 1. The molecule has 1 atom stereocenters. The van der Waals surface area contributed by atoms with Crippen molar-refractivity contribution in [3.63, 3.8) is 0 Å². The third-order valence-electron chi connectivity index (χ3n) is 2.98. The van der Waals surface area contributed by atoms with Gasteiger partial charge in [0.05, 0.1) is 23.1 Å². The van der Waals surface area contributed by atoms with Gasteiger partial charge < -0.3 is 5.32 Å². The van der Waals surface area contributed by atoms with E-state index in [-0.39, 0.29) is 17.4 Å². The lowest BCUT2D eigenvalue weighted by Crippen LogP contribution is -2.16. The minimum absolute atomic E-state index is 0.142. The molecule has 2 rings (SSSR count). The van der Waals surface area contributed by atoms with Gasteiger partial charge in [-0.15, -0.1) is 0 Å². The molecule has 0 radical (unpaired) electrons. The van der Waals surface area contributed by atoms with Crippen LogP contribution < -0.4 is 5.32 Å². The second kappa shape index (κ2) is 4.94. The van der Waals surface area contributed by atoms with Gasteiger partial charge in [0, 0.05) is 12.2 Å². The van der Waals surface area contributed by atoms with E-state index in [2.05, 4.69) is 16.4 Å². The summed E-state index contributed by atoms with van der Waals surface area (Å²) in [5.74, 6) is 1.31. The maximum absolute atomic E-state index is 11.3. The van der Waals surface area contributed by atoms with E-state index in [9.17, 15) is 8.42 Å². The largest absolute Gasteiger partial charge is 0.370 e. The molecule has 1 aliphatic heterocycles. The van der Waals surface area contributed by atoms with Crippen molar-refractivity contribution in [3.05, 3.63) is 23.4 Å². The van der Waals surface area contributed by atoms with Gasteiger partial charge in [0.2, 0.25) is 0 Å². The number of pyridine rings is 1. The molecule has 1 aromatic rings. The summed E-state index contributed by atoms with van der Waals surface area (Å²) >= 11 is 0. The maximum Gasteiger partial charge on any atom is 0.150 e. The Labute approximate surface area is 107 Å². The van der Waals surface area contributed by atoms with E-state index in [0.717, 1.165) is 5.69 Å². The van der Waals surface area contributed by atoms with Crippen molar-refractivity contribution in [2.45, 2.75) is 13.3 Å². The van der Waals surface area contributed by atoms with Gasteiger partial charge in [-0.25, -0.2) is 13.4 Å². The molecule has 0 bridgehead atoms. The van der Waals surface area contributed by atoms with Crippen molar-refractivity contribution in [2.24, 2.45) is 5.92 Å². The number of sulfone groups is 1. The lowest BCUT2D eigenvalue weighted by Gasteiger charge is -2.10. The van der Waals surface area contributed by atoms with Crippen molar-refractivity contribution < 1.29 is 8.42 Å². The van der Waals surface area contributed by atoms with Gasteiger partial charge in [-0.1, -0.05) is 0 Å². The molecule has 5 nitrogen and oxygen atoms in total. The van der Waals surface area contributed by atoms with E-state index >= 15 is 0 Å². The fraction of sp³-hybridized carbons (Fsp3) is 0.500. The maximum atomic E-state index is 11.3. The molecule has 0 aliphatic carbocycles. The summed E-state index contributed by atoms with van der Waals surface area (Å²) in [6, 6.07) is 5.46. The van der Waals surface area contributed by atoms with E-state index in [1.165, 1.54) is 0 Å². The first kappa shape index (κ1) is 12.8. The predicted molar refractivity (Wildman–Crippen MR) is 68.9 cm³/mol. The highest BCUT2D eigenvalue weighted by Gasteiger charge is 2.27. The molecule has 1 aliphatic rings. The Morgan fingerprint density at radius 3 is 2.94 bits per heavy atom. The zero-order valence-corrected chi connectivity index (χ0v) is 11.0. The Morgan fingerprint density at radius 2 is 2.33 bits per heavy atom. The zero-order chi connectivity index (χ0) is 13.2. The van der Waals surface area contributed by atoms with Crippen LogP contribution >= 0.6 is 0 Å². The van der Waals surface area contributed by atoms with Crippen molar-refractivity contribution in [2.75, 3.05) is 23.4 Å². The minimum Gasteiger partial charge on any atom is -0.370 e. The number of hydrogen-bond donors (Lipinski definition) is 1. The Hall–Kier alpha value is -1.61. The first-order valence-electron chi connectivity index (χ1n) is 5.81. The van der Waals surface area contributed by atoms with Gasteiger partial charge in [-0.3, -0.25) is 0 Å². The molecule has 6 heteroatoms. The number of hydrogen-bond acceptors (Lipinski definition) is 5. The fourth-order valence-electron chi connectivity index (χ4n) is 2.11. The second-order valence-corrected chi connectivity index (χ2v) is 6.87. The van der Waals surface area contributed by atoms with Gasteiger partial charge in [0.1, 0.15) is 5.82 Å². The van der Waals surface area contributed by atoms with E-state index in [1.54, 1.807) is 12.1 Å². The normalized spacial score (nSPS) is 21.4. The van der Waals surface area contributed by atoms with E-state index < -0.39 is 9.84 Å². The summed E-state index contributed by atoms with van der Waals surface area (Å²) in [6.07, 6.45) is 0.701. The highest BCUT2D eigenvalue weighted by Crippen LogP contribution is 2.19. The van der Waals surface area contributed by atoms with Crippen LogP contribution in [-0.2, 0) is 9.84 Å². The van der Waals surface area contributed by atoms with Crippen LogP contribution in [0.4, 0.5) is 5.82 Å². The van der Waals surface area contributed by atoms with Crippen molar-refractivity contribution in [1.82, 2.24) is 4.98 Å². The summed E-state index contributed by atoms with van der Waals surface area (Å²) in [5.41, 5.74) is 1.33. The average Bonchev–Trinajstić information content (AvgIpc) is 2.65. The second-order valence-electron chi connectivity index (χ2n) is 4.64. The molecule has 18 heavy (non-hydrogen) atoms. The first-order valence-corrected chi connectivity index (χ1v) is 7.64. The molecule has 0 aromatic carbocycles. The number of nitrogens with one attached hydrogen (secondary N) is 1. The van der Waals surface area contributed by atoms with Crippen LogP contribution in [0.3, 0.4) is 0 Å². The summed E-state index contributed by atoms with van der Waals surface area (Å²) in [7, 11) is -2.83. The minimum atomic E-state index is -2.83. The number of nitriles is 1. The Bertz CT molecular complexity index is 590. The van der Waals surface area contributed by atoms with Gasteiger partial charge in [-0.2, -0.15) is 5.26 Å². The molecule has 1 unspecified atom stereocenters. The van der Waals surface area contributed by atoms with E-state index in [0.29, 0.717) is 24.3 Å². The molecule has 0 spiro atoms. The predicted octanol–water partition coefficient (Wildman–Crippen LogP) is 1.11. The van der Waals surface area contributed by atoms with Gasteiger partial charge in [0.25, 0.3) is 0 Å². The van der Waals surface area contributed by atoms with Gasteiger partial charge in [-0.05, 0) is 31.4 Å². The Balaban J connectivity index is 1.99. The standard InChI is InChI=1S/C12H15N3O2S/c1-9-4-11(6-13)5-12(15-9)14-7-10-2-3-18(16,17)8-10/h4-5,10H,2-3,7-8H2,1H3,(H,14,15). The zero-order valence-electron chi connectivity index (χ0n) is 10.2. The molecular formula is C12H15N3O2S. The SMILES string of the molecule is Cc1cc(C#N)cc(NCC2CCS(=O)(=O)C2)n1. The van der Waals surface area contributed by atoms with Crippen LogP contribution in [0, 0.1) is 24.2 Å². The molecular weight excluding hydrogens is 250 g/mol. The third kappa shape index (κ3) is 3.20. The van der Waals surface area contributed by atoms with Gasteiger partial charge in [0.15, 0.2) is 9.84 Å². The van der Waals surface area contributed by atoms with Crippen LogP contribution in [-0.4, -0.2) is 31.5 Å².